The Hall–Kier alpha value is -3.28. The molecule has 0 spiro atoms. The minimum absolute atomic E-state index is 0.0470. The number of nitrogens with one attached hydrogen (secondary N) is 2. The number of aromatic nitrogens is 3. The van der Waals surface area contributed by atoms with Gasteiger partial charge in [0.25, 0.3) is 0 Å². The predicted octanol–water partition coefficient (Wildman–Crippen LogP) is 3.12. The molecule has 6 heteroatoms. The van der Waals surface area contributed by atoms with Crippen LogP contribution in [0.5, 0.6) is 5.75 Å². The number of aromatic amines is 2. The number of H-pyrrole nitrogens is 2. The van der Waals surface area contributed by atoms with Crippen LogP contribution in [0.2, 0.25) is 0 Å². The number of carboxylic acids is 1. The maximum Gasteiger partial charge on any atom is 0.335 e. The Bertz CT molecular complexity index is 1020. The number of carboxylic acid groups (broad SMARTS) is 1. The van der Waals surface area contributed by atoms with Gasteiger partial charge in [0.05, 0.1) is 16.5 Å². The van der Waals surface area contributed by atoms with E-state index in [4.69, 9.17) is 5.11 Å². The molecule has 108 valence electrons. The number of nitrogens with zero attached hydrogens (tertiary/aromatic N) is 1. The SMILES string of the molecule is O=C(O)c1cc(O)c2c(ccc3[nH]c(-c4cc[nH]c4)nc32)c1. The summed E-state index contributed by atoms with van der Waals surface area (Å²) in [6.45, 7) is 0. The maximum atomic E-state index is 11.1. The second-order valence-electron chi connectivity index (χ2n) is 5.05. The molecule has 4 rings (SSSR count). The van der Waals surface area contributed by atoms with Gasteiger partial charge in [-0.2, -0.15) is 0 Å². The second kappa shape index (κ2) is 4.36. The lowest BCUT2D eigenvalue weighted by Gasteiger charge is -2.04. The van der Waals surface area contributed by atoms with Gasteiger partial charge in [0.1, 0.15) is 17.1 Å². The smallest absolute Gasteiger partial charge is 0.335 e. The van der Waals surface area contributed by atoms with Crippen molar-refractivity contribution in [2.24, 2.45) is 0 Å². The Balaban J connectivity index is 2.04. The normalized spacial score (nSPS) is 11.3. The summed E-state index contributed by atoms with van der Waals surface area (Å²) in [6.07, 6.45) is 3.62. The van der Waals surface area contributed by atoms with Crippen molar-refractivity contribution in [1.29, 1.82) is 0 Å². The molecule has 0 fully saturated rings. The summed E-state index contributed by atoms with van der Waals surface area (Å²) in [7, 11) is 0. The first-order chi connectivity index (χ1) is 10.6. The Morgan fingerprint density at radius 3 is 2.77 bits per heavy atom. The molecule has 0 atom stereocenters. The van der Waals surface area contributed by atoms with Crippen molar-refractivity contribution in [3.63, 3.8) is 0 Å². The van der Waals surface area contributed by atoms with Crippen LogP contribution in [0.25, 0.3) is 33.2 Å². The first kappa shape index (κ1) is 12.5. The summed E-state index contributed by atoms with van der Waals surface area (Å²) in [4.78, 5) is 21.8. The van der Waals surface area contributed by atoms with Crippen molar-refractivity contribution in [1.82, 2.24) is 15.0 Å². The Kier molecular flexibility index (Phi) is 2.47. The fraction of sp³-hybridized carbons (Fsp3) is 0. The van der Waals surface area contributed by atoms with Crippen LogP contribution in [0.4, 0.5) is 0 Å². The molecule has 2 heterocycles. The lowest BCUT2D eigenvalue weighted by atomic mass is 10.0. The van der Waals surface area contributed by atoms with Crippen LogP contribution in [-0.4, -0.2) is 31.1 Å². The molecule has 22 heavy (non-hydrogen) atoms. The number of aromatic hydroxyl groups is 1. The highest BCUT2D eigenvalue weighted by Crippen LogP contribution is 2.33. The Labute approximate surface area is 124 Å². The van der Waals surface area contributed by atoms with E-state index >= 15 is 0 Å². The molecule has 6 nitrogen and oxygen atoms in total. The lowest BCUT2D eigenvalue weighted by Crippen LogP contribution is -1.95. The number of hydrogen-bond acceptors (Lipinski definition) is 3. The molecule has 4 aromatic rings. The van der Waals surface area contributed by atoms with Gasteiger partial charge in [-0.3, -0.25) is 0 Å². The van der Waals surface area contributed by atoms with Gasteiger partial charge in [-0.05, 0) is 29.7 Å². The highest BCUT2D eigenvalue weighted by atomic mass is 16.4. The second-order valence-corrected chi connectivity index (χ2v) is 5.05. The third kappa shape index (κ3) is 1.74. The number of phenols is 1. The number of fused-ring (bicyclic) bond motifs is 3. The predicted molar refractivity (Wildman–Crippen MR) is 82.0 cm³/mol. The molecule has 2 aromatic carbocycles. The van der Waals surface area contributed by atoms with Crippen molar-refractivity contribution in [2.75, 3.05) is 0 Å². The van der Waals surface area contributed by atoms with Crippen LogP contribution in [0, 0.1) is 0 Å². The molecule has 2 aromatic heterocycles. The van der Waals surface area contributed by atoms with Crippen LogP contribution in [0.15, 0.2) is 42.7 Å². The molecule has 0 saturated heterocycles. The highest BCUT2D eigenvalue weighted by molar-refractivity contribution is 6.10. The van der Waals surface area contributed by atoms with Gasteiger partial charge in [0.2, 0.25) is 0 Å². The molecular formula is C16H11N3O3. The van der Waals surface area contributed by atoms with E-state index in [0.29, 0.717) is 22.1 Å². The number of rotatable bonds is 2. The quantitative estimate of drug-likeness (QED) is 0.456. The van der Waals surface area contributed by atoms with E-state index < -0.39 is 5.97 Å². The standard InChI is InChI=1S/C16H11N3O3/c20-12-6-10(16(21)22)5-8-1-2-11-14(13(8)12)19-15(18-11)9-3-4-17-7-9/h1-7,17,20H,(H,18,19)(H,21,22). The molecule has 4 N–H and O–H groups in total. The molecule has 0 bridgehead atoms. The van der Waals surface area contributed by atoms with Gasteiger partial charge >= 0.3 is 5.97 Å². The van der Waals surface area contributed by atoms with Gasteiger partial charge in [-0.25, -0.2) is 9.78 Å². The van der Waals surface area contributed by atoms with Crippen molar-refractivity contribution in [3.8, 4) is 17.1 Å². The zero-order valence-corrected chi connectivity index (χ0v) is 11.3. The van der Waals surface area contributed by atoms with Crippen LogP contribution >= 0.6 is 0 Å². The molecule has 0 aliphatic carbocycles. The molecule has 0 aliphatic heterocycles. The Morgan fingerprint density at radius 2 is 2.05 bits per heavy atom. The minimum atomic E-state index is -1.08. The molecular weight excluding hydrogens is 282 g/mol. The highest BCUT2D eigenvalue weighted by Gasteiger charge is 2.14. The molecule has 0 unspecified atom stereocenters. The van der Waals surface area contributed by atoms with Gasteiger partial charge < -0.3 is 20.2 Å². The van der Waals surface area contributed by atoms with Crippen molar-refractivity contribution < 1.29 is 15.0 Å². The van der Waals surface area contributed by atoms with Crippen molar-refractivity contribution >= 4 is 27.8 Å². The first-order valence-corrected chi connectivity index (χ1v) is 6.65. The van der Waals surface area contributed by atoms with E-state index in [9.17, 15) is 9.90 Å². The fourth-order valence-corrected chi connectivity index (χ4v) is 2.64. The fourth-order valence-electron chi connectivity index (χ4n) is 2.64. The summed E-state index contributed by atoms with van der Waals surface area (Å²) in [5.41, 5.74) is 2.35. The Morgan fingerprint density at radius 1 is 1.18 bits per heavy atom. The van der Waals surface area contributed by atoms with Gasteiger partial charge in [-0.15, -0.1) is 0 Å². The third-order valence-corrected chi connectivity index (χ3v) is 3.66. The van der Waals surface area contributed by atoms with Crippen molar-refractivity contribution in [2.45, 2.75) is 0 Å². The van der Waals surface area contributed by atoms with Gasteiger partial charge in [0.15, 0.2) is 0 Å². The van der Waals surface area contributed by atoms with E-state index in [0.717, 1.165) is 11.1 Å². The van der Waals surface area contributed by atoms with E-state index in [2.05, 4.69) is 15.0 Å². The summed E-state index contributed by atoms with van der Waals surface area (Å²) in [6, 6.07) is 8.26. The molecule has 0 saturated carbocycles. The molecule has 0 aliphatic rings. The summed E-state index contributed by atoms with van der Waals surface area (Å²) < 4.78 is 0. The average Bonchev–Trinajstić information content (AvgIpc) is 3.15. The number of carbonyl (C=O) groups is 1. The first-order valence-electron chi connectivity index (χ1n) is 6.65. The number of benzene rings is 2. The van der Waals surface area contributed by atoms with Gasteiger partial charge in [-0.1, -0.05) is 6.07 Å². The lowest BCUT2D eigenvalue weighted by molar-refractivity contribution is 0.0696. The minimum Gasteiger partial charge on any atom is -0.507 e. The number of imidazole rings is 1. The van der Waals surface area contributed by atoms with Gasteiger partial charge in [0, 0.05) is 18.0 Å². The van der Waals surface area contributed by atoms with Crippen LogP contribution in [-0.2, 0) is 0 Å². The topological polar surface area (TPSA) is 102 Å². The third-order valence-electron chi connectivity index (χ3n) is 3.66. The zero-order chi connectivity index (χ0) is 15.3. The van der Waals surface area contributed by atoms with Crippen LogP contribution < -0.4 is 0 Å². The van der Waals surface area contributed by atoms with E-state index in [1.165, 1.54) is 12.1 Å². The van der Waals surface area contributed by atoms with E-state index in [1.54, 1.807) is 12.3 Å². The summed E-state index contributed by atoms with van der Waals surface area (Å²) >= 11 is 0. The monoisotopic (exact) mass is 293 g/mol. The van der Waals surface area contributed by atoms with Crippen LogP contribution in [0.3, 0.4) is 0 Å². The number of phenolic OH excluding ortho intramolecular Hbond substituents is 1. The van der Waals surface area contributed by atoms with E-state index in [1.807, 2.05) is 18.3 Å². The number of hydrogen-bond donors (Lipinski definition) is 4. The molecule has 0 amide bonds. The zero-order valence-electron chi connectivity index (χ0n) is 11.3. The maximum absolute atomic E-state index is 11.1. The average molecular weight is 293 g/mol. The van der Waals surface area contributed by atoms with Crippen molar-refractivity contribution in [3.05, 3.63) is 48.3 Å². The number of aromatic carboxylic acids is 1. The largest absolute Gasteiger partial charge is 0.507 e. The van der Waals surface area contributed by atoms with Crippen LogP contribution in [0.1, 0.15) is 10.4 Å². The molecule has 0 radical (unpaired) electrons. The van der Waals surface area contributed by atoms with E-state index in [-0.39, 0.29) is 11.3 Å². The summed E-state index contributed by atoms with van der Waals surface area (Å²) in [5, 5.41) is 20.5. The summed E-state index contributed by atoms with van der Waals surface area (Å²) in [5.74, 6) is -0.481.